The third-order valence-electron chi connectivity index (χ3n) is 4.04. The largest absolute Gasteiger partial charge is 0.497 e. The van der Waals surface area contributed by atoms with E-state index in [-0.39, 0.29) is 12.1 Å². The fourth-order valence-corrected chi connectivity index (χ4v) is 2.91. The van der Waals surface area contributed by atoms with Crippen LogP contribution < -0.4 is 10.5 Å². The van der Waals surface area contributed by atoms with Crippen molar-refractivity contribution in [3.05, 3.63) is 29.8 Å². The van der Waals surface area contributed by atoms with Gasteiger partial charge in [0.15, 0.2) is 0 Å². The average molecular weight is 277 g/mol. The molecule has 2 unspecified atom stereocenters. The van der Waals surface area contributed by atoms with Gasteiger partial charge in [0, 0.05) is 6.04 Å². The van der Waals surface area contributed by atoms with Gasteiger partial charge in [-0.05, 0) is 37.5 Å². The summed E-state index contributed by atoms with van der Waals surface area (Å²) in [5, 5.41) is 0. The van der Waals surface area contributed by atoms with Gasteiger partial charge >= 0.3 is 0 Å². The Morgan fingerprint density at radius 1 is 1.15 bits per heavy atom. The van der Waals surface area contributed by atoms with E-state index in [2.05, 4.69) is 6.07 Å². The summed E-state index contributed by atoms with van der Waals surface area (Å²) in [5.41, 5.74) is 7.27. The first-order valence-electron chi connectivity index (χ1n) is 7.75. The van der Waals surface area contributed by atoms with Gasteiger partial charge < -0.3 is 15.2 Å². The summed E-state index contributed by atoms with van der Waals surface area (Å²) in [6, 6.07) is 8.04. The maximum Gasteiger partial charge on any atom is 0.119 e. The predicted octanol–water partition coefficient (Wildman–Crippen LogP) is 3.82. The van der Waals surface area contributed by atoms with Gasteiger partial charge in [-0.25, -0.2) is 0 Å². The van der Waals surface area contributed by atoms with Crippen molar-refractivity contribution in [2.75, 3.05) is 7.11 Å². The molecule has 2 N–H and O–H groups in total. The van der Waals surface area contributed by atoms with Crippen molar-refractivity contribution in [3.63, 3.8) is 0 Å². The lowest BCUT2D eigenvalue weighted by atomic mass is 10.0. The van der Waals surface area contributed by atoms with E-state index >= 15 is 0 Å². The highest BCUT2D eigenvalue weighted by molar-refractivity contribution is 5.30. The Kier molecular flexibility index (Phi) is 5.86. The molecule has 0 aliphatic heterocycles. The summed E-state index contributed by atoms with van der Waals surface area (Å²) >= 11 is 0. The molecule has 0 saturated heterocycles. The van der Waals surface area contributed by atoms with Gasteiger partial charge in [0.05, 0.1) is 19.3 Å². The van der Waals surface area contributed by atoms with Crippen molar-refractivity contribution in [1.29, 1.82) is 0 Å². The van der Waals surface area contributed by atoms with Crippen LogP contribution in [0.2, 0.25) is 0 Å². The Balaban J connectivity index is 2.09. The molecule has 20 heavy (non-hydrogen) atoms. The molecule has 2 rings (SSSR count). The maximum absolute atomic E-state index is 6.34. The summed E-state index contributed by atoms with van der Waals surface area (Å²) in [6.45, 7) is 2.01. The van der Waals surface area contributed by atoms with Crippen LogP contribution in [0, 0.1) is 0 Å². The highest BCUT2D eigenvalue weighted by atomic mass is 16.5. The van der Waals surface area contributed by atoms with E-state index in [4.69, 9.17) is 15.2 Å². The first-order valence-corrected chi connectivity index (χ1v) is 7.75. The summed E-state index contributed by atoms with van der Waals surface area (Å²) in [6.07, 6.45) is 7.83. The number of hydrogen-bond acceptors (Lipinski definition) is 3. The molecule has 0 radical (unpaired) electrons. The highest BCUT2D eigenvalue weighted by Crippen LogP contribution is 2.29. The van der Waals surface area contributed by atoms with Crippen molar-refractivity contribution in [2.24, 2.45) is 5.73 Å². The molecule has 0 spiro atoms. The van der Waals surface area contributed by atoms with E-state index in [1.165, 1.54) is 25.7 Å². The lowest BCUT2D eigenvalue weighted by Crippen LogP contribution is -2.30. The standard InChI is InChI=1S/C17H27NO2/c1-13(18)17(14-8-7-11-16(12-14)19-2)20-15-9-5-3-4-6-10-15/h7-8,11-13,15,17H,3-6,9-10,18H2,1-2H3. The van der Waals surface area contributed by atoms with Crippen LogP contribution >= 0.6 is 0 Å². The van der Waals surface area contributed by atoms with Gasteiger partial charge in [0.2, 0.25) is 0 Å². The molecule has 0 bridgehead atoms. The summed E-state index contributed by atoms with van der Waals surface area (Å²) in [5.74, 6) is 0.859. The van der Waals surface area contributed by atoms with Crippen LogP contribution in [0.25, 0.3) is 0 Å². The Morgan fingerprint density at radius 2 is 1.85 bits per heavy atom. The van der Waals surface area contributed by atoms with E-state index in [1.807, 2.05) is 25.1 Å². The van der Waals surface area contributed by atoms with E-state index in [0.717, 1.165) is 24.2 Å². The van der Waals surface area contributed by atoms with Gasteiger partial charge in [-0.3, -0.25) is 0 Å². The van der Waals surface area contributed by atoms with Gasteiger partial charge in [-0.1, -0.05) is 37.8 Å². The third kappa shape index (κ3) is 4.22. The van der Waals surface area contributed by atoms with Crippen molar-refractivity contribution in [3.8, 4) is 5.75 Å². The number of nitrogens with two attached hydrogens (primary N) is 1. The summed E-state index contributed by atoms with van der Waals surface area (Å²) in [7, 11) is 1.69. The summed E-state index contributed by atoms with van der Waals surface area (Å²) < 4.78 is 11.6. The molecule has 1 saturated carbocycles. The molecule has 1 aromatic carbocycles. The fraction of sp³-hybridized carbons (Fsp3) is 0.647. The zero-order valence-electron chi connectivity index (χ0n) is 12.7. The average Bonchev–Trinajstić information content (AvgIpc) is 2.73. The molecule has 0 amide bonds. The van der Waals surface area contributed by atoms with E-state index < -0.39 is 0 Å². The molecule has 1 aliphatic rings. The van der Waals surface area contributed by atoms with Crippen molar-refractivity contribution in [1.82, 2.24) is 0 Å². The van der Waals surface area contributed by atoms with Crippen LogP contribution in [0.3, 0.4) is 0 Å². The third-order valence-corrected chi connectivity index (χ3v) is 4.04. The first kappa shape index (κ1) is 15.3. The SMILES string of the molecule is COc1cccc(C(OC2CCCCCC2)C(C)N)c1. The number of hydrogen-bond donors (Lipinski definition) is 1. The Hall–Kier alpha value is -1.06. The van der Waals surface area contributed by atoms with Crippen LogP contribution in [0.15, 0.2) is 24.3 Å². The van der Waals surface area contributed by atoms with Gasteiger partial charge in [-0.15, -0.1) is 0 Å². The topological polar surface area (TPSA) is 44.5 Å². The molecule has 3 nitrogen and oxygen atoms in total. The molecule has 1 aromatic rings. The monoisotopic (exact) mass is 277 g/mol. The zero-order valence-corrected chi connectivity index (χ0v) is 12.7. The Labute approximate surface area is 122 Å². The van der Waals surface area contributed by atoms with Crippen molar-refractivity contribution >= 4 is 0 Å². The van der Waals surface area contributed by atoms with Crippen LogP contribution in [0.1, 0.15) is 57.1 Å². The molecular formula is C17H27NO2. The minimum Gasteiger partial charge on any atom is -0.497 e. The molecular weight excluding hydrogens is 250 g/mol. The molecule has 112 valence electrons. The quantitative estimate of drug-likeness (QED) is 0.832. The molecule has 0 aromatic heterocycles. The Morgan fingerprint density at radius 3 is 2.45 bits per heavy atom. The maximum atomic E-state index is 6.34. The zero-order chi connectivity index (χ0) is 14.4. The molecule has 0 heterocycles. The Bertz CT molecular complexity index is 398. The minimum atomic E-state index is -0.0480. The fourth-order valence-electron chi connectivity index (χ4n) is 2.91. The van der Waals surface area contributed by atoms with Crippen LogP contribution in [-0.4, -0.2) is 19.3 Å². The first-order chi connectivity index (χ1) is 9.70. The summed E-state index contributed by atoms with van der Waals surface area (Å²) in [4.78, 5) is 0. The van der Waals surface area contributed by atoms with Crippen LogP contribution in [0.4, 0.5) is 0 Å². The van der Waals surface area contributed by atoms with E-state index in [9.17, 15) is 0 Å². The number of rotatable bonds is 5. The second kappa shape index (κ2) is 7.65. The van der Waals surface area contributed by atoms with Gasteiger partial charge in [0.25, 0.3) is 0 Å². The molecule has 3 heteroatoms. The second-order valence-corrected chi connectivity index (χ2v) is 5.81. The number of ether oxygens (including phenoxy) is 2. The lowest BCUT2D eigenvalue weighted by Gasteiger charge is -2.27. The smallest absolute Gasteiger partial charge is 0.119 e. The lowest BCUT2D eigenvalue weighted by molar-refractivity contribution is -0.0309. The number of benzene rings is 1. The number of methoxy groups -OCH3 is 1. The molecule has 1 fully saturated rings. The minimum absolute atomic E-state index is 0.0228. The van der Waals surface area contributed by atoms with Crippen molar-refractivity contribution in [2.45, 2.75) is 63.7 Å². The predicted molar refractivity (Wildman–Crippen MR) is 82.0 cm³/mol. The highest BCUT2D eigenvalue weighted by Gasteiger charge is 2.23. The van der Waals surface area contributed by atoms with Crippen LogP contribution in [-0.2, 0) is 4.74 Å². The van der Waals surface area contributed by atoms with Crippen molar-refractivity contribution < 1.29 is 9.47 Å². The second-order valence-electron chi connectivity index (χ2n) is 5.81. The van der Waals surface area contributed by atoms with E-state index in [0.29, 0.717) is 6.10 Å². The molecule has 2 atom stereocenters. The van der Waals surface area contributed by atoms with Crippen LogP contribution in [0.5, 0.6) is 5.75 Å². The normalized spacial score (nSPS) is 20.1. The van der Waals surface area contributed by atoms with Gasteiger partial charge in [-0.2, -0.15) is 0 Å². The molecule has 1 aliphatic carbocycles. The van der Waals surface area contributed by atoms with E-state index in [1.54, 1.807) is 7.11 Å². The van der Waals surface area contributed by atoms with Gasteiger partial charge in [0.1, 0.15) is 5.75 Å².